The highest BCUT2D eigenvalue weighted by atomic mass is 16.5. The van der Waals surface area contributed by atoms with Crippen molar-refractivity contribution < 1.29 is 14.3 Å². The van der Waals surface area contributed by atoms with E-state index in [1.165, 1.54) is 4.90 Å². The highest BCUT2D eigenvalue weighted by Crippen LogP contribution is 2.33. The number of rotatable bonds is 4. The molecule has 1 heterocycles. The van der Waals surface area contributed by atoms with Crippen LogP contribution in [0.1, 0.15) is 20.8 Å². The molecule has 0 bridgehead atoms. The van der Waals surface area contributed by atoms with Crippen molar-refractivity contribution in [1.82, 2.24) is 4.90 Å². The average molecular weight is 276 g/mol. The second-order valence-electron chi connectivity index (χ2n) is 4.72. The predicted molar refractivity (Wildman–Crippen MR) is 76.8 cm³/mol. The Morgan fingerprint density at radius 3 is 2.60 bits per heavy atom. The highest BCUT2D eigenvalue weighted by Gasteiger charge is 2.33. The largest absolute Gasteiger partial charge is 0.479 e. The Balaban J connectivity index is 2.26. The summed E-state index contributed by atoms with van der Waals surface area (Å²) >= 11 is 0. The molecule has 5 nitrogen and oxygen atoms in total. The molecule has 5 heteroatoms. The Hall–Kier alpha value is -2.04. The lowest BCUT2D eigenvalue weighted by molar-refractivity contribution is -0.132. The maximum Gasteiger partial charge on any atom is 0.268 e. The molecule has 0 unspecified atom stereocenters. The van der Waals surface area contributed by atoms with Crippen LogP contribution in [0, 0.1) is 0 Å². The number of hydrogen-bond donors (Lipinski definition) is 0. The van der Waals surface area contributed by atoms with Crippen LogP contribution < -0.4 is 9.64 Å². The first kappa shape index (κ1) is 14.4. The fourth-order valence-corrected chi connectivity index (χ4v) is 2.33. The van der Waals surface area contributed by atoms with Gasteiger partial charge in [-0.15, -0.1) is 0 Å². The first-order valence-electron chi connectivity index (χ1n) is 6.93. The number of likely N-dealkylation sites (N-methyl/N-ethyl adjacent to an activating group) is 1. The quantitative estimate of drug-likeness (QED) is 0.840. The molecule has 2 amide bonds. The third-order valence-corrected chi connectivity index (χ3v) is 3.48. The fourth-order valence-electron chi connectivity index (χ4n) is 2.33. The van der Waals surface area contributed by atoms with Gasteiger partial charge in [0.2, 0.25) is 5.91 Å². The van der Waals surface area contributed by atoms with Gasteiger partial charge < -0.3 is 9.64 Å². The van der Waals surface area contributed by atoms with E-state index in [1.54, 1.807) is 17.9 Å². The van der Waals surface area contributed by atoms with Gasteiger partial charge in [-0.1, -0.05) is 12.1 Å². The lowest BCUT2D eigenvalue weighted by atomic mass is 10.2. The van der Waals surface area contributed by atoms with Crippen molar-refractivity contribution in [1.29, 1.82) is 0 Å². The summed E-state index contributed by atoms with van der Waals surface area (Å²) < 4.78 is 5.55. The molecule has 0 aliphatic carbocycles. The normalized spacial score (nSPS) is 17.4. The van der Waals surface area contributed by atoms with Crippen LogP contribution in [0.15, 0.2) is 24.3 Å². The molecule has 1 aromatic carbocycles. The zero-order chi connectivity index (χ0) is 14.7. The Kier molecular flexibility index (Phi) is 4.27. The Morgan fingerprint density at radius 1 is 1.30 bits per heavy atom. The van der Waals surface area contributed by atoms with Gasteiger partial charge in [0.15, 0.2) is 6.10 Å². The van der Waals surface area contributed by atoms with Crippen molar-refractivity contribution in [3.8, 4) is 5.75 Å². The Bertz CT molecular complexity index is 512. The number of nitrogens with zero attached hydrogens (tertiary/aromatic N) is 2. The fraction of sp³-hybridized carbons (Fsp3) is 0.467. The summed E-state index contributed by atoms with van der Waals surface area (Å²) in [5.41, 5.74) is 0.663. The van der Waals surface area contributed by atoms with Crippen molar-refractivity contribution in [2.75, 3.05) is 24.5 Å². The molecule has 0 radical (unpaired) electrons. The van der Waals surface area contributed by atoms with Crippen molar-refractivity contribution in [2.24, 2.45) is 0 Å². The molecular weight excluding hydrogens is 256 g/mol. The second-order valence-corrected chi connectivity index (χ2v) is 4.72. The van der Waals surface area contributed by atoms with E-state index in [1.807, 2.05) is 32.0 Å². The smallest absolute Gasteiger partial charge is 0.268 e. The van der Waals surface area contributed by atoms with Gasteiger partial charge in [-0.25, -0.2) is 0 Å². The third kappa shape index (κ3) is 2.61. The van der Waals surface area contributed by atoms with Crippen molar-refractivity contribution >= 4 is 17.5 Å². The molecular formula is C15H20N2O3. The van der Waals surface area contributed by atoms with E-state index in [0.29, 0.717) is 24.5 Å². The summed E-state index contributed by atoms with van der Waals surface area (Å²) in [6.07, 6.45) is -0.561. The van der Waals surface area contributed by atoms with E-state index >= 15 is 0 Å². The number of anilines is 1. The third-order valence-electron chi connectivity index (χ3n) is 3.48. The standard InChI is InChI=1S/C15H20N2O3/c1-4-16(5-2)14(18)10-17-12-8-6-7-9-13(12)20-11(3)15(17)19/h6-9,11H,4-5,10H2,1-3H3/t11-/m0/s1. The summed E-state index contributed by atoms with van der Waals surface area (Å²) in [4.78, 5) is 27.7. The lowest BCUT2D eigenvalue weighted by Crippen LogP contribution is -2.49. The van der Waals surface area contributed by atoms with Gasteiger partial charge in [0, 0.05) is 13.1 Å². The lowest BCUT2D eigenvalue weighted by Gasteiger charge is -2.33. The van der Waals surface area contributed by atoms with E-state index in [9.17, 15) is 9.59 Å². The molecule has 108 valence electrons. The Morgan fingerprint density at radius 2 is 1.95 bits per heavy atom. The zero-order valence-corrected chi connectivity index (χ0v) is 12.1. The van der Waals surface area contributed by atoms with Crippen LogP contribution in [-0.2, 0) is 9.59 Å². The van der Waals surface area contributed by atoms with Crippen molar-refractivity contribution in [3.05, 3.63) is 24.3 Å². The van der Waals surface area contributed by atoms with E-state index < -0.39 is 6.10 Å². The molecule has 1 aromatic rings. The first-order valence-corrected chi connectivity index (χ1v) is 6.93. The second kappa shape index (κ2) is 5.94. The summed E-state index contributed by atoms with van der Waals surface area (Å²) in [5.74, 6) is 0.420. The SMILES string of the molecule is CCN(CC)C(=O)CN1C(=O)[C@H](C)Oc2ccccc21. The Labute approximate surface area is 119 Å². The number of fused-ring (bicyclic) bond motifs is 1. The maximum atomic E-state index is 12.3. The summed E-state index contributed by atoms with van der Waals surface area (Å²) in [6, 6.07) is 7.30. The number of para-hydroxylation sites is 2. The molecule has 0 saturated heterocycles. The average Bonchev–Trinajstić information content (AvgIpc) is 2.45. The summed E-state index contributed by atoms with van der Waals surface area (Å²) in [5, 5.41) is 0. The number of carbonyl (C=O) groups excluding carboxylic acids is 2. The molecule has 1 aliphatic heterocycles. The molecule has 20 heavy (non-hydrogen) atoms. The van der Waals surface area contributed by atoms with Crippen LogP contribution in [0.2, 0.25) is 0 Å². The van der Waals surface area contributed by atoms with Crippen LogP contribution in [0.3, 0.4) is 0 Å². The van der Waals surface area contributed by atoms with Gasteiger partial charge in [0.05, 0.1) is 5.69 Å². The zero-order valence-electron chi connectivity index (χ0n) is 12.1. The monoisotopic (exact) mass is 276 g/mol. The molecule has 1 atom stereocenters. The van der Waals surface area contributed by atoms with E-state index in [-0.39, 0.29) is 18.4 Å². The minimum atomic E-state index is -0.561. The number of benzene rings is 1. The van der Waals surface area contributed by atoms with Crippen LogP contribution in [0.4, 0.5) is 5.69 Å². The van der Waals surface area contributed by atoms with E-state index in [2.05, 4.69) is 0 Å². The topological polar surface area (TPSA) is 49.9 Å². The maximum absolute atomic E-state index is 12.3. The molecule has 0 aromatic heterocycles. The van der Waals surface area contributed by atoms with Gasteiger partial charge >= 0.3 is 0 Å². The summed E-state index contributed by atoms with van der Waals surface area (Å²) in [6.45, 7) is 6.91. The number of hydrogen-bond acceptors (Lipinski definition) is 3. The van der Waals surface area contributed by atoms with E-state index in [0.717, 1.165) is 0 Å². The predicted octanol–water partition coefficient (Wildman–Crippen LogP) is 1.67. The first-order chi connectivity index (χ1) is 9.58. The number of carbonyl (C=O) groups is 2. The molecule has 0 N–H and O–H groups in total. The molecule has 2 rings (SSSR count). The molecule has 0 spiro atoms. The summed E-state index contributed by atoms with van der Waals surface area (Å²) in [7, 11) is 0. The molecule has 0 saturated carbocycles. The highest BCUT2D eigenvalue weighted by molar-refractivity contribution is 6.03. The van der Waals surface area contributed by atoms with Gasteiger partial charge in [-0.05, 0) is 32.9 Å². The molecule has 0 fully saturated rings. The minimum absolute atomic E-state index is 0.0488. The van der Waals surface area contributed by atoms with Crippen LogP contribution in [0.5, 0.6) is 5.75 Å². The van der Waals surface area contributed by atoms with Gasteiger partial charge in [0.25, 0.3) is 5.91 Å². The van der Waals surface area contributed by atoms with Crippen molar-refractivity contribution in [2.45, 2.75) is 26.9 Å². The van der Waals surface area contributed by atoms with Crippen molar-refractivity contribution in [3.63, 3.8) is 0 Å². The van der Waals surface area contributed by atoms with Crippen LogP contribution in [-0.4, -0.2) is 42.5 Å². The minimum Gasteiger partial charge on any atom is -0.479 e. The van der Waals surface area contributed by atoms with Crippen LogP contribution in [0.25, 0.3) is 0 Å². The number of amides is 2. The van der Waals surface area contributed by atoms with E-state index in [4.69, 9.17) is 4.74 Å². The van der Waals surface area contributed by atoms with Gasteiger partial charge in [-0.3, -0.25) is 14.5 Å². The van der Waals surface area contributed by atoms with Gasteiger partial charge in [0.1, 0.15) is 12.3 Å². The van der Waals surface area contributed by atoms with Crippen LogP contribution >= 0.6 is 0 Å². The van der Waals surface area contributed by atoms with Gasteiger partial charge in [-0.2, -0.15) is 0 Å². The molecule has 1 aliphatic rings. The number of ether oxygens (including phenoxy) is 1.